The first-order valence-electron chi connectivity index (χ1n) is 6.50. The number of hydrogen-bond acceptors (Lipinski definition) is 3. The Morgan fingerprint density at radius 3 is 2.43 bits per heavy atom. The van der Waals surface area contributed by atoms with Crippen LogP contribution in [0, 0.1) is 5.92 Å². The maximum absolute atomic E-state index is 12.0. The van der Waals surface area contributed by atoms with E-state index in [1.165, 1.54) is 0 Å². The second kappa shape index (κ2) is 6.85. The second-order valence-corrected chi connectivity index (χ2v) is 5.00. The van der Waals surface area contributed by atoms with Crippen molar-refractivity contribution in [1.82, 2.24) is 0 Å². The molecule has 0 heterocycles. The van der Waals surface area contributed by atoms with Crippen molar-refractivity contribution in [3.05, 3.63) is 54.6 Å². The molecule has 4 nitrogen and oxygen atoms in total. The zero-order valence-corrected chi connectivity index (χ0v) is 12.4. The minimum absolute atomic E-state index is 0.161. The first-order chi connectivity index (χ1) is 10.1. The minimum Gasteiger partial charge on any atom is -0.455 e. The van der Waals surface area contributed by atoms with Crippen LogP contribution in [-0.2, 0) is 4.79 Å². The standard InChI is InChI=1S/C16H16N2O2S/c1-11(15(17)21)16(19)18-13-9-5-6-10-14(13)20-12-7-3-2-4-8-12/h2-11H,1H3,(H2,17,21)(H,18,19). The lowest BCUT2D eigenvalue weighted by Crippen LogP contribution is -2.30. The van der Waals surface area contributed by atoms with Gasteiger partial charge in [-0.2, -0.15) is 0 Å². The van der Waals surface area contributed by atoms with Crippen molar-refractivity contribution in [1.29, 1.82) is 0 Å². The zero-order chi connectivity index (χ0) is 15.2. The van der Waals surface area contributed by atoms with E-state index in [0.29, 0.717) is 17.2 Å². The SMILES string of the molecule is CC(C(=O)Nc1ccccc1Oc1ccccc1)C(N)=S. The maximum atomic E-state index is 12.0. The fourth-order valence-corrected chi connectivity index (χ4v) is 1.75. The summed E-state index contributed by atoms with van der Waals surface area (Å²) in [7, 11) is 0. The summed E-state index contributed by atoms with van der Waals surface area (Å²) < 4.78 is 5.77. The molecule has 0 bridgehead atoms. The second-order valence-electron chi connectivity index (χ2n) is 4.52. The molecule has 0 aromatic heterocycles. The summed E-state index contributed by atoms with van der Waals surface area (Å²) in [6, 6.07) is 16.6. The van der Waals surface area contributed by atoms with Crippen molar-refractivity contribution in [2.24, 2.45) is 11.7 Å². The highest BCUT2D eigenvalue weighted by molar-refractivity contribution is 7.80. The van der Waals surface area contributed by atoms with Crippen molar-refractivity contribution >= 4 is 28.8 Å². The smallest absolute Gasteiger partial charge is 0.234 e. The lowest BCUT2D eigenvalue weighted by atomic mass is 10.1. The van der Waals surface area contributed by atoms with Gasteiger partial charge in [0, 0.05) is 0 Å². The van der Waals surface area contributed by atoms with Crippen molar-refractivity contribution in [3.8, 4) is 11.5 Å². The summed E-state index contributed by atoms with van der Waals surface area (Å²) in [5.74, 6) is 0.463. The highest BCUT2D eigenvalue weighted by Gasteiger charge is 2.17. The number of thiocarbonyl (C=S) groups is 1. The number of anilines is 1. The molecule has 2 aromatic carbocycles. The van der Waals surface area contributed by atoms with Gasteiger partial charge in [-0.25, -0.2) is 0 Å². The Hall–Kier alpha value is -2.40. The van der Waals surface area contributed by atoms with E-state index in [0.717, 1.165) is 0 Å². The molecule has 0 aliphatic rings. The first-order valence-corrected chi connectivity index (χ1v) is 6.91. The molecule has 3 N–H and O–H groups in total. The fraction of sp³-hybridized carbons (Fsp3) is 0.125. The molecule has 5 heteroatoms. The Kier molecular flexibility index (Phi) is 4.90. The van der Waals surface area contributed by atoms with Crippen LogP contribution in [0.25, 0.3) is 0 Å². The Morgan fingerprint density at radius 1 is 1.14 bits per heavy atom. The Bertz CT molecular complexity index is 644. The molecule has 108 valence electrons. The van der Waals surface area contributed by atoms with E-state index in [4.69, 9.17) is 22.7 Å². The number of para-hydroxylation sites is 3. The van der Waals surface area contributed by atoms with Gasteiger partial charge in [0.05, 0.1) is 16.6 Å². The van der Waals surface area contributed by atoms with Crippen LogP contribution in [0.1, 0.15) is 6.92 Å². The summed E-state index contributed by atoms with van der Waals surface area (Å²) >= 11 is 4.83. The van der Waals surface area contributed by atoms with Crippen LogP contribution in [0.5, 0.6) is 11.5 Å². The number of nitrogens with two attached hydrogens (primary N) is 1. The van der Waals surface area contributed by atoms with Crippen molar-refractivity contribution in [2.75, 3.05) is 5.32 Å². The van der Waals surface area contributed by atoms with Crippen LogP contribution in [-0.4, -0.2) is 10.9 Å². The van der Waals surface area contributed by atoms with Crippen LogP contribution in [0.4, 0.5) is 5.69 Å². The Balaban J connectivity index is 2.17. The molecular formula is C16H16N2O2S. The number of ether oxygens (including phenoxy) is 1. The summed E-state index contributed by atoms with van der Waals surface area (Å²) in [6.07, 6.45) is 0. The molecule has 0 radical (unpaired) electrons. The van der Waals surface area contributed by atoms with Crippen LogP contribution in [0.2, 0.25) is 0 Å². The van der Waals surface area contributed by atoms with Gasteiger partial charge < -0.3 is 15.8 Å². The van der Waals surface area contributed by atoms with Gasteiger partial charge in [-0.3, -0.25) is 4.79 Å². The van der Waals surface area contributed by atoms with Gasteiger partial charge in [-0.15, -0.1) is 0 Å². The van der Waals surface area contributed by atoms with Gasteiger partial charge in [0.1, 0.15) is 5.75 Å². The molecule has 1 amide bonds. The maximum Gasteiger partial charge on any atom is 0.234 e. The largest absolute Gasteiger partial charge is 0.455 e. The first kappa shape index (κ1) is 15.0. The number of hydrogen-bond donors (Lipinski definition) is 2. The molecule has 1 atom stereocenters. The van der Waals surface area contributed by atoms with Crippen LogP contribution in [0.15, 0.2) is 54.6 Å². The van der Waals surface area contributed by atoms with E-state index in [9.17, 15) is 4.79 Å². The number of carbonyl (C=O) groups excluding carboxylic acids is 1. The Labute approximate surface area is 128 Å². The highest BCUT2D eigenvalue weighted by Crippen LogP contribution is 2.29. The van der Waals surface area contributed by atoms with Gasteiger partial charge >= 0.3 is 0 Å². The third-order valence-corrected chi connectivity index (χ3v) is 3.29. The predicted octanol–water partition coefficient (Wildman–Crippen LogP) is 3.34. The number of nitrogens with one attached hydrogen (secondary N) is 1. The molecule has 0 saturated carbocycles. The van der Waals surface area contributed by atoms with Gasteiger partial charge in [0.2, 0.25) is 5.91 Å². The average molecular weight is 300 g/mol. The monoisotopic (exact) mass is 300 g/mol. The van der Waals surface area contributed by atoms with Crippen molar-refractivity contribution in [3.63, 3.8) is 0 Å². The molecule has 0 fully saturated rings. The molecule has 0 aliphatic carbocycles. The van der Waals surface area contributed by atoms with Crippen LogP contribution in [0.3, 0.4) is 0 Å². The van der Waals surface area contributed by atoms with Gasteiger partial charge in [-0.05, 0) is 31.2 Å². The molecule has 2 rings (SSSR count). The molecule has 21 heavy (non-hydrogen) atoms. The van der Waals surface area contributed by atoms with Gasteiger partial charge in [0.25, 0.3) is 0 Å². The molecular weight excluding hydrogens is 284 g/mol. The van der Waals surface area contributed by atoms with E-state index in [2.05, 4.69) is 5.32 Å². The van der Waals surface area contributed by atoms with E-state index in [1.54, 1.807) is 19.1 Å². The molecule has 0 saturated heterocycles. The summed E-state index contributed by atoms with van der Waals surface area (Å²) in [6.45, 7) is 1.67. The Morgan fingerprint density at radius 2 is 1.76 bits per heavy atom. The topological polar surface area (TPSA) is 64.3 Å². The predicted molar refractivity (Wildman–Crippen MR) is 87.5 cm³/mol. The van der Waals surface area contributed by atoms with E-state index in [-0.39, 0.29) is 10.9 Å². The van der Waals surface area contributed by atoms with E-state index < -0.39 is 5.92 Å². The third kappa shape index (κ3) is 4.03. The fourth-order valence-electron chi connectivity index (χ4n) is 1.64. The quantitative estimate of drug-likeness (QED) is 0.831. The van der Waals surface area contributed by atoms with Crippen molar-refractivity contribution < 1.29 is 9.53 Å². The average Bonchev–Trinajstić information content (AvgIpc) is 2.49. The minimum atomic E-state index is -0.537. The summed E-state index contributed by atoms with van der Waals surface area (Å²) in [5, 5.41) is 2.78. The lowest BCUT2D eigenvalue weighted by Gasteiger charge is -2.14. The normalized spacial score (nSPS) is 11.5. The van der Waals surface area contributed by atoms with E-state index >= 15 is 0 Å². The molecule has 2 aromatic rings. The molecule has 0 aliphatic heterocycles. The number of amides is 1. The van der Waals surface area contributed by atoms with E-state index in [1.807, 2.05) is 42.5 Å². The van der Waals surface area contributed by atoms with Crippen LogP contribution < -0.4 is 15.8 Å². The van der Waals surface area contributed by atoms with Gasteiger partial charge in [0.15, 0.2) is 5.75 Å². The highest BCUT2D eigenvalue weighted by atomic mass is 32.1. The third-order valence-electron chi connectivity index (χ3n) is 2.94. The molecule has 1 unspecified atom stereocenters. The molecule has 0 spiro atoms. The van der Waals surface area contributed by atoms with Crippen molar-refractivity contribution in [2.45, 2.75) is 6.92 Å². The summed E-state index contributed by atoms with van der Waals surface area (Å²) in [4.78, 5) is 12.2. The number of carbonyl (C=O) groups is 1. The van der Waals surface area contributed by atoms with Crippen LogP contribution >= 0.6 is 12.2 Å². The lowest BCUT2D eigenvalue weighted by molar-refractivity contribution is -0.117. The number of benzene rings is 2. The summed E-state index contributed by atoms with van der Waals surface area (Å²) in [5.41, 5.74) is 6.07. The zero-order valence-electron chi connectivity index (χ0n) is 11.6. The number of rotatable bonds is 5. The van der Waals surface area contributed by atoms with Gasteiger partial charge in [-0.1, -0.05) is 42.5 Å².